The summed E-state index contributed by atoms with van der Waals surface area (Å²) in [7, 11) is 0. The standard InChI is InChI=1S/C20H31NO/c1-4-8-17-11-16(14-21-13-15-9-7-10-15)12-19(18(17)5-2)20(22)6-3/h11-12,15,21H,4-10,13-14H2,1-3H3. The molecule has 0 aromatic heterocycles. The molecule has 2 nitrogen and oxygen atoms in total. The predicted molar refractivity (Wildman–Crippen MR) is 93.5 cm³/mol. The first-order valence-electron chi connectivity index (χ1n) is 9.08. The van der Waals surface area contributed by atoms with Gasteiger partial charge in [0.15, 0.2) is 5.78 Å². The molecule has 1 aliphatic carbocycles. The first-order valence-corrected chi connectivity index (χ1v) is 9.08. The maximum absolute atomic E-state index is 12.3. The molecule has 22 heavy (non-hydrogen) atoms. The van der Waals surface area contributed by atoms with E-state index >= 15 is 0 Å². The summed E-state index contributed by atoms with van der Waals surface area (Å²) in [6.45, 7) is 8.34. The summed E-state index contributed by atoms with van der Waals surface area (Å²) in [6.07, 6.45) is 7.90. The van der Waals surface area contributed by atoms with Crippen LogP contribution in [0.1, 0.15) is 79.9 Å². The lowest BCUT2D eigenvalue weighted by atomic mass is 9.85. The molecule has 2 rings (SSSR count). The van der Waals surface area contributed by atoms with Crippen molar-refractivity contribution in [2.24, 2.45) is 5.92 Å². The third-order valence-corrected chi connectivity index (χ3v) is 4.88. The van der Waals surface area contributed by atoms with E-state index in [2.05, 4.69) is 31.3 Å². The third kappa shape index (κ3) is 4.19. The van der Waals surface area contributed by atoms with Crippen molar-refractivity contribution in [2.45, 2.75) is 72.3 Å². The zero-order valence-corrected chi connectivity index (χ0v) is 14.5. The molecule has 1 fully saturated rings. The van der Waals surface area contributed by atoms with E-state index in [1.54, 1.807) is 0 Å². The van der Waals surface area contributed by atoms with Crippen LogP contribution in [0.4, 0.5) is 0 Å². The molecule has 1 aliphatic rings. The maximum atomic E-state index is 12.3. The summed E-state index contributed by atoms with van der Waals surface area (Å²) >= 11 is 0. The Hall–Kier alpha value is -1.15. The molecule has 1 aromatic rings. The topological polar surface area (TPSA) is 29.1 Å². The molecule has 0 amide bonds. The molecule has 0 unspecified atom stereocenters. The molecule has 2 heteroatoms. The average Bonchev–Trinajstić information content (AvgIpc) is 2.48. The minimum Gasteiger partial charge on any atom is -0.312 e. The minimum absolute atomic E-state index is 0.287. The number of ketones is 1. The van der Waals surface area contributed by atoms with Crippen LogP contribution in [-0.4, -0.2) is 12.3 Å². The molecule has 1 N–H and O–H groups in total. The Balaban J connectivity index is 2.16. The van der Waals surface area contributed by atoms with Gasteiger partial charge in [-0.25, -0.2) is 0 Å². The van der Waals surface area contributed by atoms with Crippen molar-refractivity contribution in [3.63, 3.8) is 0 Å². The van der Waals surface area contributed by atoms with E-state index in [9.17, 15) is 4.79 Å². The summed E-state index contributed by atoms with van der Waals surface area (Å²) in [5, 5.41) is 3.58. The number of hydrogen-bond donors (Lipinski definition) is 1. The van der Waals surface area contributed by atoms with Gasteiger partial charge in [0.2, 0.25) is 0 Å². The Morgan fingerprint density at radius 2 is 2.00 bits per heavy atom. The highest BCUT2D eigenvalue weighted by Crippen LogP contribution is 2.26. The maximum Gasteiger partial charge on any atom is 0.162 e. The summed E-state index contributed by atoms with van der Waals surface area (Å²) in [6, 6.07) is 4.46. The highest BCUT2D eigenvalue weighted by molar-refractivity contribution is 5.97. The molecule has 122 valence electrons. The third-order valence-electron chi connectivity index (χ3n) is 4.88. The molecule has 0 saturated heterocycles. The zero-order valence-electron chi connectivity index (χ0n) is 14.5. The van der Waals surface area contributed by atoms with Gasteiger partial charge in [-0.15, -0.1) is 0 Å². The van der Waals surface area contributed by atoms with Crippen LogP contribution in [0.15, 0.2) is 12.1 Å². The largest absolute Gasteiger partial charge is 0.312 e. The Labute approximate surface area is 135 Å². The van der Waals surface area contributed by atoms with E-state index in [0.29, 0.717) is 6.42 Å². The Morgan fingerprint density at radius 3 is 2.55 bits per heavy atom. The molecule has 1 aromatic carbocycles. The number of nitrogens with one attached hydrogen (secondary N) is 1. The van der Waals surface area contributed by atoms with Crippen LogP contribution in [0.25, 0.3) is 0 Å². The van der Waals surface area contributed by atoms with Gasteiger partial charge >= 0.3 is 0 Å². The van der Waals surface area contributed by atoms with Crippen molar-refractivity contribution in [3.8, 4) is 0 Å². The molecule has 0 heterocycles. The first-order chi connectivity index (χ1) is 10.7. The number of rotatable bonds is 9. The van der Waals surface area contributed by atoms with Gasteiger partial charge in [-0.2, -0.15) is 0 Å². The summed E-state index contributed by atoms with van der Waals surface area (Å²) in [5.41, 5.74) is 4.90. The van der Waals surface area contributed by atoms with E-state index in [1.807, 2.05) is 6.92 Å². The van der Waals surface area contributed by atoms with Crippen molar-refractivity contribution in [1.29, 1.82) is 0 Å². The van der Waals surface area contributed by atoms with E-state index in [0.717, 1.165) is 43.8 Å². The first kappa shape index (κ1) is 17.2. The average molecular weight is 301 g/mol. The van der Waals surface area contributed by atoms with Crippen molar-refractivity contribution < 1.29 is 4.79 Å². The summed E-state index contributed by atoms with van der Waals surface area (Å²) in [5.74, 6) is 1.16. The lowest BCUT2D eigenvalue weighted by molar-refractivity contribution is 0.0987. The minimum atomic E-state index is 0.287. The van der Waals surface area contributed by atoms with E-state index in [1.165, 1.54) is 36.0 Å². The molecule has 0 spiro atoms. The van der Waals surface area contributed by atoms with Crippen molar-refractivity contribution in [2.75, 3.05) is 6.54 Å². The summed E-state index contributed by atoms with van der Waals surface area (Å²) in [4.78, 5) is 12.3. The lowest BCUT2D eigenvalue weighted by Crippen LogP contribution is -2.27. The van der Waals surface area contributed by atoms with Gasteiger partial charge in [-0.1, -0.05) is 39.7 Å². The molecule has 0 bridgehead atoms. The van der Waals surface area contributed by atoms with Crippen molar-refractivity contribution in [3.05, 3.63) is 34.4 Å². The van der Waals surface area contributed by atoms with E-state index in [4.69, 9.17) is 0 Å². The molecular weight excluding hydrogens is 270 g/mol. The fourth-order valence-electron chi connectivity index (χ4n) is 3.37. The zero-order chi connectivity index (χ0) is 15.9. The monoisotopic (exact) mass is 301 g/mol. The van der Waals surface area contributed by atoms with Crippen LogP contribution < -0.4 is 5.32 Å². The number of aryl methyl sites for hydroxylation is 1. The number of carbonyl (C=O) groups excluding carboxylic acids is 1. The van der Waals surface area contributed by atoms with Gasteiger partial charge in [0, 0.05) is 18.5 Å². The SMILES string of the molecule is CCCc1cc(CNCC2CCC2)cc(C(=O)CC)c1CC. The van der Waals surface area contributed by atoms with E-state index < -0.39 is 0 Å². The van der Waals surface area contributed by atoms with Crippen LogP contribution in [0.2, 0.25) is 0 Å². The van der Waals surface area contributed by atoms with Crippen LogP contribution in [-0.2, 0) is 19.4 Å². The molecule has 0 radical (unpaired) electrons. The normalized spacial score (nSPS) is 14.9. The van der Waals surface area contributed by atoms with Gasteiger partial charge in [0.05, 0.1) is 0 Å². The van der Waals surface area contributed by atoms with Gasteiger partial charge in [0.25, 0.3) is 0 Å². The van der Waals surface area contributed by atoms with Gasteiger partial charge in [-0.3, -0.25) is 4.79 Å². The number of carbonyl (C=O) groups is 1. The Bertz CT molecular complexity index is 503. The van der Waals surface area contributed by atoms with Crippen LogP contribution in [0.5, 0.6) is 0 Å². The van der Waals surface area contributed by atoms with Crippen LogP contribution >= 0.6 is 0 Å². The smallest absolute Gasteiger partial charge is 0.162 e. The molecule has 0 aliphatic heterocycles. The second-order valence-corrected chi connectivity index (χ2v) is 6.59. The molecule has 0 atom stereocenters. The molecular formula is C20H31NO. The quantitative estimate of drug-likeness (QED) is 0.671. The second-order valence-electron chi connectivity index (χ2n) is 6.59. The van der Waals surface area contributed by atoms with Crippen LogP contribution in [0.3, 0.4) is 0 Å². The lowest BCUT2D eigenvalue weighted by Gasteiger charge is -2.25. The highest BCUT2D eigenvalue weighted by Gasteiger charge is 2.17. The summed E-state index contributed by atoms with van der Waals surface area (Å²) < 4.78 is 0. The van der Waals surface area contributed by atoms with Crippen LogP contribution in [0, 0.1) is 5.92 Å². The van der Waals surface area contributed by atoms with Gasteiger partial charge in [-0.05, 0) is 60.9 Å². The predicted octanol–water partition coefficient (Wildman–Crippen LogP) is 4.68. The molecule has 1 saturated carbocycles. The van der Waals surface area contributed by atoms with Crippen molar-refractivity contribution in [1.82, 2.24) is 5.32 Å². The van der Waals surface area contributed by atoms with E-state index in [-0.39, 0.29) is 5.78 Å². The highest BCUT2D eigenvalue weighted by atomic mass is 16.1. The fourth-order valence-corrected chi connectivity index (χ4v) is 3.37. The number of Topliss-reactive ketones (excluding diaryl/α,β-unsaturated/α-hetero) is 1. The number of benzene rings is 1. The Morgan fingerprint density at radius 1 is 1.23 bits per heavy atom. The fraction of sp³-hybridized carbons (Fsp3) is 0.650. The van der Waals surface area contributed by atoms with Gasteiger partial charge < -0.3 is 5.32 Å². The van der Waals surface area contributed by atoms with Gasteiger partial charge in [0.1, 0.15) is 0 Å². The Kier molecular flexibility index (Phi) is 6.63. The van der Waals surface area contributed by atoms with Crippen molar-refractivity contribution >= 4 is 5.78 Å². The second kappa shape index (κ2) is 8.47. The number of hydrogen-bond acceptors (Lipinski definition) is 2.